The Morgan fingerprint density at radius 2 is 2.38 bits per heavy atom. The number of nitrogens with two attached hydrogens (primary N) is 1. The van der Waals surface area contributed by atoms with E-state index in [1.807, 2.05) is 11.8 Å². The Morgan fingerprint density at radius 3 is 2.92 bits per heavy atom. The van der Waals surface area contributed by atoms with Crippen molar-refractivity contribution in [1.29, 1.82) is 0 Å². The van der Waals surface area contributed by atoms with Crippen LogP contribution in [0.2, 0.25) is 0 Å². The zero-order valence-electron chi connectivity index (χ0n) is 8.08. The highest BCUT2D eigenvalue weighted by Gasteiger charge is 2.22. The van der Waals surface area contributed by atoms with Crippen molar-refractivity contribution in [3.63, 3.8) is 0 Å². The van der Waals surface area contributed by atoms with Gasteiger partial charge in [0.15, 0.2) is 0 Å². The van der Waals surface area contributed by atoms with Crippen LogP contribution < -0.4 is 11.1 Å². The summed E-state index contributed by atoms with van der Waals surface area (Å²) in [5.41, 5.74) is 5.05. The van der Waals surface area contributed by atoms with E-state index in [0.29, 0.717) is 12.5 Å². The normalized spacial score (nSPS) is 27.8. The number of nitrogens with one attached hydrogen (secondary N) is 1. The minimum Gasteiger partial charge on any atom is -0.370 e. The van der Waals surface area contributed by atoms with Gasteiger partial charge in [-0.15, -0.1) is 0 Å². The van der Waals surface area contributed by atoms with Crippen molar-refractivity contribution in [2.45, 2.75) is 37.0 Å². The maximum Gasteiger partial charge on any atom is 0.218 e. The van der Waals surface area contributed by atoms with Crippen molar-refractivity contribution >= 4 is 17.7 Å². The van der Waals surface area contributed by atoms with Crippen LogP contribution in [0.5, 0.6) is 0 Å². The van der Waals surface area contributed by atoms with E-state index >= 15 is 0 Å². The number of carbonyl (C=O) groups excluding carboxylic acids is 1. The third-order valence-corrected chi connectivity index (χ3v) is 3.62. The second kappa shape index (κ2) is 5.50. The molecule has 2 atom stereocenters. The number of hydrogen-bond acceptors (Lipinski definition) is 3. The molecule has 1 saturated carbocycles. The molecule has 0 aliphatic heterocycles. The first-order chi connectivity index (χ1) is 6.22. The summed E-state index contributed by atoms with van der Waals surface area (Å²) in [5, 5.41) is 4.17. The fourth-order valence-electron chi connectivity index (χ4n) is 1.74. The van der Waals surface area contributed by atoms with E-state index in [9.17, 15) is 4.79 Å². The van der Waals surface area contributed by atoms with E-state index in [4.69, 9.17) is 5.73 Å². The molecule has 4 heteroatoms. The van der Waals surface area contributed by atoms with Gasteiger partial charge in [0, 0.05) is 24.3 Å². The number of thioether (sulfide) groups is 1. The number of carbonyl (C=O) groups is 1. The molecule has 0 aromatic rings. The van der Waals surface area contributed by atoms with Crippen molar-refractivity contribution in [3.05, 3.63) is 0 Å². The Morgan fingerprint density at radius 1 is 1.62 bits per heavy atom. The second-order valence-corrected chi connectivity index (χ2v) is 4.68. The lowest BCUT2D eigenvalue weighted by Crippen LogP contribution is -2.30. The molecule has 1 fully saturated rings. The highest BCUT2D eigenvalue weighted by molar-refractivity contribution is 7.99. The van der Waals surface area contributed by atoms with Crippen LogP contribution >= 0.6 is 11.8 Å². The summed E-state index contributed by atoms with van der Waals surface area (Å²) < 4.78 is 0. The topological polar surface area (TPSA) is 55.1 Å². The van der Waals surface area contributed by atoms with Gasteiger partial charge in [-0.2, -0.15) is 11.8 Å². The van der Waals surface area contributed by atoms with Crippen molar-refractivity contribution in [2.75, 3.05) is 12.8 Å². The van der Waals surface area contributed by atoms with E-state index < -0.39 is 0 Å². The Hall–Kier alpha value is -0.220. The van der Waals surface area contributed by atoms with Crippen molar-refractivity contribution in [2.24, 2.45) is 5.73 Å². The van der Waals surface area contributed by atoms with Gasteiger partial charge in [0.2, 0.25) is 5.91 Å². The molecule has 1 aliphatic rings. The lowest BCUT2D eigenvalue weighted by atomic mass is 10.2. The molecule has 0 bridgehead atoms. The molecular weight excluding hydrogens is 184 g/mol. The molecule has 1 aliphatic carbocycles. The fraction of sp³-hybridized carbons (Fsp3) is 0.889. The highest BCUT2D eigenvalue weighted by Crippen LogP contribution is 2.27. The van der Waals surface area contributed by atoms with Gasteiger partial charge in [-0.3, -0.25) is 4.79 Å². The smallest absolute Gasteiger partial charge is 0.218 e. The summed E-state index contributed by atoms with van der Waals surface area (Å²) in [6, 6.07) is 0.608. The minimum absolute atomic E-state index is 0.216. The molecule has 0 radical (unpaired) electrons. The van der Waals surface area contributed by atoms with Crippen LogP contribution in [0.15, 0.2) is 0 Å². The summed E-state index contributed by atoms with van der Waals surface area (Å²) in [6.45, 7) is 0.737. The Balaban J connectivity index is 2.07. The van der Waals surface area contributed by atoms with Gasteiger partial charge < -0.3 is 11.1 Å². The zero-order chi connectivity index (χ0) is 9.68. The molecule has 76 valence electrons. The Bertz CT molecular complexity index is 175. The average Bonchev–Trinajstić information content (AvgIpc) is 2.52. The number of amides is 1. The quantitative estimate of drug-likeness (QED) is 0.691. The van der Waals surface area contributed by atoms with Crippen molar-refractivity contribution in [1.82, 2.24) is 5.32 Å². The lowest BCUT2D eigenvalue weighted by Gasteiger charge is -2.11. The Labute approximate surface area is 83.8 Å². The van der Waals surface area contributed by atoms with Gasteiger partial charge in [-0.1, -0.05) is 0 Å². The van der Waals surface area contributed by atoms with Gasteiger partial charge in [0.25, 0.3) is 0 Å². The summed E-state index contributed by atoms with van der Waals surface area (Å²) in [7, 11) is 0. The monoisotopic (exact) mass is 202 g/mol. The molecular formula is C9H18N2OS. The standard InChI is InChI=1S/C9H18N2OS/c1-13-8-3-2-7(6-8)11-5-4-9(10)12/h7-8,11H,2-6H2,1H3,(H2,10,12). The van der Waals surface area contributed by atoms with E-state index in [-0.39, 0.29) is 5.91 Å². The molecule has 0 saturated heterocycles. The van der Waals surface area contributed by atoms with Crippen LogP contribution in [0.4, 0.5) is 0 Å². The van der Waals surface area contributed by atoms with Crippen LogP contribution in [-0.2, 0) is 4.79 Å². The molecule has 2 unspecified atom stereocenters. The molecule has 0 aromatic carbocycles. The summed E-state index contributed by atoms with van der Waals surface area (Å²) in [5.74, 6) is -0.216. The molecule has 0 spiro atoms. The van der Waals surface area contributed by atoms with Crippen LogP contribution in [0.25, 0.3) is 0 Å². The van der Waals surface area contributed by atoms with Gasteiger partial charge >= 0.3 is 0 Å². The largest absolute Gasteiger partial charge is 0.370 e. The van der Waals surface area contributed by atoms with Gasteiger partial charge in [-0.25, -0.2) is 0 Å². The van der Waals surface area contributed by atoms with Gasteiger partial charge in [0.1, 0.15) is 0 Å². The maximum absolute atomic E-state index is 10.5. The molecule has 1 rings (SSSR count). The fourth-order valence-corrected chi connectivity index (χ4v) is 2.54. The molecule has 0 aromatic heterocycles. The van der Waals surface area contributed by atoms with E-state index in [0.717, 1.165) is 11.8 Å². The van der Waals surface area contributed by atoms with Crippen molar-refractivity contribution < 1.29 is 4.79 Å². The third kappa shape index (κ3) is 4.00. The first-order valence-electron chi connectivity index (χ1n) is 4.77. The van der Waals surface area contributed by atoms with Crippen LogP contribution in [0, 0.1) is 0 Å². The second-order valence-electron chi connectivity index (χ2n) is 3.54. The zero-order valence-corrected chi connectivity index (χ0v) is 8.90. The van der Waals surface area contributed by atoms with E-state index in [1.165, 1.54) is 19.3 Å². The maximum atomic E-state index is 10.5. The van der Waals surface area contributed by atoms with Crippen LogP contribution in [0.1, 0.15) is 25.7 Å². The average molecular weight is 202 g/mol. The minimum atomic E-state index is -0.216. The Kier molecular flexibility index (Phi) is 4.59. The number of hydrogen-bond donors (Lipinski definition) is 2. The predicted molar refractivity (Wildman–Crippen MR) is 56.8 cm³/mol. The summed E-state index contributed by atoms with van der Waals surface area (Å²) in [6.07, 6.45) is 6.40. The summed E-state index contributed by atoms with van der Waals surface area (Å²) >= 11 is 1.94. The molecule has 3 nitrogen and oxygen atoms in total. The highest BCUT2D eigenvalue weighted by atomic mass is 32.2. The predicted octanol–water partition coefficient (Wildman–Crippen LogP) is 0.736. The molecule has 13 heavy (non-hydrogen) atoms. The van der Waals surface area contributed by atoms with Gasteiger partial charge in [-0.05, 0) is 25.5 Å². The van der Waals surface area contributed by atoms with Crippen LogP contribution in [-0.4, -0.2) is 30.0 Å². The number of rotatable bonds is 5. The first-order valence-corrected chi connectivity index (χ1v) is 6.05. The third-order valence-electron chi connectivity index (χ3n) is 2.52. The summed E-state index contributed by atoms with van der Waals surface area (Å²) in [4.78, 5) is 10.5. The number of primary amides is 1. The molecule has 3 N–H and O–H groups in total. The van der Waals surface area contributed by atoms with Gasteiger partial charge in [0.05, 0.1) is 0 Å². The van der Waals surface area contributed by atoms with E-state index in [2.05, 4.69) is 11.6 Å². The van der Waals surface area contributed by atoms with Crippen molar-refractivity contribution in [3.8, 4) is 0 Å². The molecule has 1 amide bonds. The van der Waals surface area contributed by atoms with Crippen LogP contribution in [0.3, 0.4) is 0 Å². The first kappa shape index (κ1) is 10.9. The SMILES string of the molecule is CSC1CCC(NCCC(N)=O)C1. The van der Waals surface area contributed by atoms with E-state index in [1.54, 1.807) is 0 Å². The molecule has 0 heterocycles. The lowest BCUT2D eigenvalue weighted by molar-refractivity contribution is -0.117.